The van der Waals surface area contributed by atoms with Crippen LogP contribution in [0, 0.1) is 6.92 Å². The third-order valence-electron chi connectivity index (χ3n) is 3.23. The van der Waals surface area contributed by atoms with Crippen molar-refractivity contribution in [1.82, 2.24) is 4.37 Å². The highest BCUT2D eigenvalue weighted by molar-refractivity contribution is 7.92. The first kappa shape index (κ1) is 14.8. The SMILES string of the molecule is COc1ccc(S(=O)(=O)Nc2nsc3ccc(C)cc23)cc1. The van der Waals surface area contributed by atoms with Gasteiger partial charge in [-0.3, -0.25) is 4.72 Å². The van der Waals surface area contributed by atoms with Gasteiger partial charge in [0.05, 0.1) is 16.7 Å². The normalized spacial score (nSPS) is 11.5. The molecule has 0 aliphatic carbocycles. The Hall–Kier alpha value is -2.12. The maximum atomic E-state index is 12.4. The summed E-state index contributed by atoms with van der Waals surface area (Å²) in [4.78, 5) is 0.169. The molecule has 0 amide bonds. The third kappa shape index (κ3) is 2.77. The molecule has 7 heteroatoms. The lowest BCUT2D eigenvalue weighted by Gasteiger charge is -2.07. The number of aryl methyl sites for hydroxylation is 1. The molecule has 1 aromatic heterocycles. The second kappa shape index (κ2) is 5.58. The summed E-state index contributed by atoms with van der Waals surface area (Å²) in [6, 6.07) is 12.1. The molecule has 0 aliphatic rings. The highest BCUT2D eigenvalue weighted by Gasteiger charge is 2.17. The van der Waals surface area contributed by atoms with Gasteiger partial charge in [-0.1, -0.05) is 11.6 Å². The second-order valence-corrected chi connectivity index (χ2v) is 7.30. The number of aromatic nitrogens is 1. The number of sulfonamides is 1. The van der Waals surface area contributed by atoms with Crippen LogP contribution in [0.25, 0.3) is 10.1 Å². The molecule has 0 aliphatic heterocycles. The third-order valence-corrected chi connectivity index (χ3v) is 5.41. The molecular weight excluding hydrogens is 320 g/mol. The minimum absolute atomic E-state index is 0.169. The largest absolute Gasteiger partial charge is 0.497 e. The summed E-state index contributed by atoms with van der Waals surface area (Å²) < 4.78 is 37.6. The van der Waals surface area contributed by atoms with Crippen molar-refractivity contribution in [2.45, 2.75) is 11.8 Å². The number of benzene rings is 2. The Morgan fingerprint density at radius 3 is 2.55 bits per heavy atom. The van der Waals surface area contributed by atoms with E-state index in [0.29, 0.717) is 11.6 Å². The number of hydrogen-bond acceptors (Lipinski definition) is 5. The number of nitrogens with one attached hydrogen (secondary N) is 1. The Morgan fingerprint density at radius 1 is 1.14 bits per heavy atom. The maximum absolute atomic E-state index is 12.4. The van der Waals surface area contributed by atoms with Crippen LogP contribution < -0.4 is 9.46 Å². The van der Waals surface area contributed by atoms with Gasteiger partial charge in [-0.05, 0) is 54.9 Å². The Bertz CT molecular complexity index is 916. The molecule has 0 saturated carbocycles. The molecule has 0 radical (unpaired) electrons. The maximum Gasteiger partial charge on any atom is 0.263 e. The van der Waals surface area contributed by atoms with Crippen molar-refractivity contribution in [3.63, 3.8) is 0 Å². The van der Waals surface area contributed by atoms with Crippen molar-refractivity contribution in [2.24, 2.45) is 0 Å². The quantitative estimate of drug-likeness (QED) is 0.794. The number of nitrogens with zero attached hydrogens (tertiary/aromatic N) is 1. The molecule has 1 N–H and O–H groups in total. The molecule has 2 aromatic carbocycles. The molecular formula is C15H14N2O3S2. The Morgan fingerprint density at radius 2 is 1.86 bits per heavy atom. The number of fused-ring (bicyclic) bond motifs is 1. The van der Waals surface area contributed by atoms with Crippen LogP contribution in [0.15, 0.2) is 47.4 Å². The van der Waals surface area contributed by atoms with Crippen LogP contribution in [0.5, 0.6) is 5.75 Å². The molecule has 0 spiro atoms. The van der Waals surface area contributed by atoms with E-state index in [1.807, 2.05) is 25.1 Å². The van der Waals surface area contributed by atoms with E-state index in [9.17, 15) is 8.42 Å². The number of ether oxygens (including phenoxy) is 1. The lowest BCUT2D eigenvalue weighted by Crippen LogP contribution is -2.13. The van der Waals surface area contributed by atoms with Crippen LogP contribution in [0.2, 0.25) is 0 Å². The zero-order valence-corrected chi connectivity index (χ0v) is 13.7. The van der Waals surface area contributed by atoms with Crippen molar-refractivity contribution in [3.05, 3.63) is 48.0 Å². The van der Waals surface area contributed by atoms with Gasteiger partial charge in [0.15, 0.2) is 5.82 Å². The van der Waals surface area contributed by atoms with E-state index < -0.39 is 10.0 Å². The first-order chi connectivity index (χ1) is 10.5. The molecule has 0 fully saturated rings. The molecule has 1 heterocycles. The fourth-order valence-electron chi connectivity index (χ4n) is 2.07. The standard InChI is InChI=1S/C15H14N2O3S2/c1-10-3-8-14-13(9-10)15(16-21-14)17-22(18,19)12-6-4-11(20-2)5-7-12/h3-9H,1-2H3,(H,16,17). The predicted molar refractivity (Wildman–Crippen MR) is 88.2 cm³/mol. The van der Waals surface area contributed by atoms with E-state index in [-0.39, 0.29) is 4.90 Å². The average Bonchev–Trinajstić information content (AvgIpc) is 2.89. The van der Waals surface area contributed by atoms with E-state index in [4.69, 9.17) is 4.74 Å². The van der Waals surface area contributed by atoms with Gasteiger partial charge in [0.1, 0.15) is 5.75 Å². The number of anilines is 1. The first-order valence-corrected chi connectivity index (χ1v) is 8.78. The van der Waals surface area contributed by atoms with E-state index in [0.717, 1.165) is 15.6 Å². The fraction of sp³-hybridized carbons (Fsp3) is 0.133. The van der Waals surface area contributed by atoms with Gasteiger partial charge in [-0.15, -0.1) is 0 Å². The Kier molecular flexibility index (Phi) is 3.76. The summed E-state index contributed by atoms with van der Waals surface area (Å²) in [7, 11) is -2.14. The predicted octanol–water partition coefficient (Wildman–Crippen LogP) is 3.41. The lowest BCUT2D eigenvalue weighted by molar-refractivity contribution is 0.414. The van der Waals surface area contributed by atoms with E-state index in [1.54, 1.807) is 12.1 Å². The van der Waals surface area contributed by atoms with Crippen LogP contribution in [0.3, 0.4) is 0 Å². The van der Waals surface area contributed by atoms with Gasteiger partial charge in [0.25, 0.3) is 10.0 Å². The summed E-state index contributed by atoms with van der Waals surface area (Å²) in [6.07, 6.45) is 0. The molecule has 3 aromatic rings. The molecule has 0 saturated heterocycles. The van der Waals surface area contributed by atoms with Gasteiger partial charge in [-0.2, -0.15) is 4.37 Å². The lowest BCUT2D eigenvalue weighted by atomic mass is 10.2. The number of hydrogen-bond donors (Lipinski definition) is 1. The molecule has 0 bridgehead atoms. The molecule has 0 atom stereocenters. The highest BCUT2D eigenvalue weighted by Crippen LogP contribution is 2.29. The van der Waals surface area contributed by atoms with E-state index in [1.165, 1.54) is 30.8 Å². The average molecular weight is 334 g/mol. The van der Waals surface area contributed by atoms with Gasteiger partial charge >= 0.3 is 0 Å². The molecule has 0 unspecified atom stereocenters. The highest BCUT2D eigenvalue weighted by atomic mass is 32.2. The molecule has 3 rings (SSSR count). The second-order valence-electron chi connectivity index (χ2n) is 4.81. The van der Waals surface area contributed by atoms with Gasteiger partial charge in [0.2, 0.25) is 0 Å². The summed E-state index contributed by atoms with van der Waals surface area (Å²) in [5.74, 6) is 0.966. The van der Waals surface area contributed by atoms with Crippen LogP contribution in [0.4, 0.5) is 5.82 Å². The fourth-order valence-corrected chi connectivity index (χ4v) is 3.86. The summed E-state index contributed by atoms with van der Waals surface area (Å²) in [5, 5.41) is 0.807. The van der Waals surface area contributed by atoms with Crippen molar-refractivity contribution in [3.8, 4) is 5.75 Å². The van der Waals surface area contributed by atoms with Crippen LogP contribution >= 0.6 is 11.5 Å². The molecule has 5 nitrogen and oxygen atoms in total. The van der Waals surface area contributed by atoms with Crippen LogP contribution in [-0.2, 0) is 10.0 Å². The number of rotatable bonds is 4. The zero-order valence-electron chi connectivity index (χ0n) is 12.0. The Labute approximate surface area is 132 Å². The van der Waals surface area contributed by atoms with Gasteiger partial charge in [0, 0.05) is 5.39 Å². The molecule has 22 heavy (non-hydrogen) atoms. The monoisotopic (exact) mass is 334 g/mol. The minimum atomic E-state index is -3.67. The summed E-state index contributed by atoms with van der Waals surface area (Å²) in [5.41, 5.74) is 1.05. The van der Waals surface area contributed by atoms with Gasteiger partial charge < -0.3 is 4.74 Å². The van der Waals surface area contributed by atoms with Crippen LogP contribution in [0.1, 0.15) is 5.56 Å². The smallest absolute Gasteiger partial charge is 0.263 e. The van der Waals surface area contributed by atoms with Crippen molar-refractivity contribution >= 4 is 37.5 Å². The topological polar surface area (TPSA) is 68.3 Å². The Balaban J connectivity index is 1.97. The van der Waals surface area contributed by atoms with E-state index in [2.05, 4.69) is 9.10 Å². The summed E-state index contributed by atoms with van der Waals surface area (Å²) in [6.45, 7) is 1.96. The van der Waals surface area contributed by atoms with Crippen molar-refractivity contribution in [2.75, 3.05) is 11.8 Å². The first-order valence-electron chi connectivity index (χ1n) is 6.52. The van der Waals surface area contributed by atoms with Crippen molar-refractivity contribution < 1.29 is 13.2 Å². The van der Waals surface area contributed by atoms with Crippen LogP contribution in [-0.4, -0.2) is 19.9 Å². The summed E-state index contributed by atoms with van der Waals surface area (Å²) >= 11 is 1.27. The molecule has 114 valence electrons. The number of methoxy groups -OCH3 is 1. The van der Waals surface area contributed by atoms with Gasteiger partial charge in [-0.25, -0.2) is 8.42 Å². The minimum Gasteiger partial charge on any atom is -0.497 e. The zero-order chi connectivity index (χ0) is 15.7. The van der Waals surface area contributed by atoms with E-state index >= 15 is 0 Å². The van der Waals surface area contributed by atoms with Crippen molar-refractivity contribution in [1.29, 1.82) is 0 Å².